The Bertz CT molecular complexity index is 1310. The number of hydrazone groups is 1. The summed E-state index contributed by atoms with van der Waals surface area (Å²) in [4.78, 5) is 4.78. The predicted octanol–water partition coefficient (Wildman–Crippen LogP) is 7.18. The number of benzene rings is 3. The van der Waals surface area contributed by atoms with Gasteiger partial charge in [-0.2, -0.15) is 10.1 Å². The van der Waals surface area contributed by atoms with Gasteiger partial charge in [-0.05, 0) is 48.2 Å². The zero-order valence-electron chi connectivity index (χ0n) is 17.1. The molecule has 0 unspecified atom stereocenters. The van der Waals surface area contributed by atoms with Crippen LogP contribution in [0.25, 0.3) is 11.3 Å². The van der Waals surface area contributed by atoms with Gasteiger partial charge in [-0.25, -0.2) is 5.01 Å². The molecule has 32 heavy (non-hydrogen) atoms. The van der Waals surface area contributed by atoms with Gasteiger partial charge in [0.25, 0.3) is 0 Å². The van der Waals surface area contributed by atoms with Crippen molar-refractivity contribution in [1.29, 1.82) is 0 Å². The van der Waals surface area contributed by atoms with E-state index in [1.165, 1.54) is 11.1 Å². The minimum Gasteiger partial charge on any atom is -0.430 e. The number of anilines is 1. The summed E-state index contributed by atoms with van der Waals surface area (Å²) in [6, 6.07) is 24.6. The van der Waals surface area contributed by atoms with Crippen LogP contribution in [0.15, 0.2) is 88.6 Å². The summed E-state index contributed by atoms with van der Waals surface area (Å²) in [5.41, 5.74) is 6.49. The minimum absolute atomic E-state index is 0.00709. The first-order chi connectivity index (χ1) is 15.7. The normalized spacial score (nSPS) is 19.4. The van der Waals surface area contributed by atoms with Crippen LogP contribution in [0, 0.1) is 5.92 Å². The van der Waals surface area contributed by atoms with E-state index < -0.39 is 0 Å². The van der Waals surface area contributed by atoms with Gasteiger partial charge in [-0.1, -0.05) is 71.7 Å². The fourth-order valence-electron chi connectivity index (χ4n) is 4.74. The lowest BCUT2D eigenvalue weighted by Crippen LogP contribution is -2.28. The highest BCUT2D eigenvalue weighted by Gasteiger charge is 2.43. The molecule has 0 saturated heterocycles. The van der Waals surface area contributed by atoms with Gasteiger partial charge in [0.1, 0.15) is 12.0 Å². The molecule has 0 bridgehead atoms. The average molecular weight is 460 g/mol. The maximum absolute atomic E-state index is 6.18. The summed E-state index contributed by atoms with van der Waals surface area (Å²) in [6.45, 7) is 0. The summed E-state index contributed by atoms with van der Waals surface area (Å²) in [5, 5.41) is 8.40. The maximum Gasteiger partial charge on any atom is 0.319 e. The van der Waals surface area contributed by atoms with Crippen LogP contribution in [0.4, 0.5) is 6.01 Å². The van der Waals surface area contributed by atoms with Crippen molar-refractivity contribution in [3.05, 3.63) is 106 Å². The third-order valence-corrected chi connectivity index (χ3v) is 6.77. The summed E-state index contributed by atoms with van der Waals surface area (Å²) >= 11 is 12.2. The molecule has 158 valence electrons. The van der Waals surface area contributed by atoms with Crippen LogP contribution in [0.3, 0.4) is 0 Å². The Kier molecular flexibility index (Phi) is 4.78. The van der Waals surface area contributed by atoms with Gasteiger partial charge in [0, 0.05) is 27.1 Å². The molecule has 1 aliphatic heterocycles. The van der Waals surface area contributed by atoms with Crippen molar-refractivity contribution in [2.24, 2.45) is 11.0 Å². The van der Waals surface area contributed by atoms with Crippen LogP contribution >= 0.6 is 23.2 Å². The van der Waals surface area contributed by atoms with Crippen molar-refractivity contribution in [2.75, 3.05) is 5.01 Å². The molecule has 0 radical (unpaired) electrons. The first-order valence-corrected chi connectivity index (χ1v) is 11.4. The van der Waals surface area contributed by atoms with Gasteiger partial charge >= 0.3 is 6.01 Å². The fraction of sp³-hybridized carbons (Fsp3) is 0.154. The van der Waals surface area contributed by atoms with Crippen molar-refractivity contribution in [1.82, 2.24) is 4.98 Å². The summed E-state index contributed by atoms with van der Waals surface area (Å²) in [7, 11) is 0. The van der Waals surface area contributed by atoms with Gasteiger partial charge in [-0.3, -0.25) is 0 Å². The second-order valence-corrected chi connectivity index (χ2v) is 9.02. The Morgan fingerprint density at radius 1 is 0.875 bits per heavy atom. The highest BCUT2D eigenvalue weighted by Crippen LogP contribution is 2.45. The van der Waals surface area contributed by atoms with E-state index in [4.69, 9.17) is 37.7 Å². The molecule has 4 aromatic rings. The van der Waals surface area contributed by atoms with Gasteiger partial charge in [0.15, 0.2) is 0 Å². The van der Waals surface area contributed by atoms with E-state index in [0.717, 1.165) is 40.4 Å². The fourth-order valence-corrected chi connectivity index (χ4v) is 4.99. The molecule has 1 aliphatic carbocycles. The van der Waals surface area contributed by atoms with Crippen molar-refractivity contribution in [3.63, 3.8) is 0 Å². The molecule has 6 heteroatoms. The first kappa shape index (κ1) is 19.6. The zero-order valence-corrected chi connectivity index (χ0v) is 18.6. The molecule has 4 nitrogen and oxygen atoms in total. The van der Waals surface area contributed by atoms with E-state index in [0.29, 0.717) is 11.0 Å². The van der Waals surface area contributed by atoms with Crippen LogP contribution in [0.1, 0.15) is 29.2 Å². The van der Waals surface area contributed by atoms with E-state index in [1.807, 2.05) is 41.4 Å². The summed E-state index contributed by atoms with van der Waals surface area (Å²) in [5.74, 6) is 0.247. The molecule has 3 aromatic carbocycles. The van der Waals surface area contributed by atoms with Crippen LogP contribution in [-0.4, -0.2) is 10.7 Å². The Hall–Kier alpha value is -3.08. The topological polar surface area (TPSA) is 41.6 Å². The number of aryl methyl sites for hydroxylation is 1. The lowest BCUT2D eigenvalue weighted by Gasteiger charge is -2.29. The number of rotatable bonds is 3. The van der Waals surface area contributed by atoms with E-state index in [-0.39, 0.29) is 12.0 Å². The predicted molar refractivity (Wildman–Crippen MR) is 128 cm³/mol. The van der Waals surface area contributed by atoms with E-state index in [9.17, 15) is 0 Å². The summed E-state index contributed by atoms with van der Waals surface area (Å²) in [6.07, 6.45) is 3.72. The lowest BCUT2D eigenvalue weighted by atomic mass is 9.77. The molecule has 2 heterocycles. The molecule has 1 aromatic heterocycles. The number of oxazole rings is 1. The van der Waals surface area contributed by atoms with E-state index in [2.05, 4.69) is 36.4 Å². The molecular weight excluding hydrogens is 441 g/mol. The minimum atomic E-state index is -0.00709. The molecule has 0 fully saturated rings. The van der Waals surface area contributed by atoms with Gasteiger partial charge in [0.05, 0.1) is 11.8 Å². The van der Waals surface area contributed by atoms with Crippen LogP contribution in [-0.2, 0) is 6.42 Å². The molecule has 0 amide bonds. The Balaban J connectivity index is 1.44. The lowest BCUT2D eigenvalue weighted by molar-refractivity contribution is 0.463. The van der Waals surface area contributed by atoms with E-state index in [1.54, 1.807) is 6.26 Å². The molecule has 0 N–H and O–H groups in total. The average Bonchev–Trinajstić information content (AvgIpc) is 3.45. The number of nitrogens with zero attached hydrogens (tertiary/aromatic N) is 3. The molecule has 2 atom stereocenters. The number of hydrogen-bond donors (Lipinski definition) is 0. The third-order valence-electron chi connectivity index (χ3n) is 6.27. The monoisotopic (exact) mass is 459 g/mol. The van der Waals surface area contributed by atoms with Crippen molar-refractivity contribution in [3.8, 4) is 11.3 Å². The van der Waals surface area contributed by atoms with Gasteiger partial charge in [0.2, 0.25) is 0 Å². The van der Waals surface area contributed by atoms with Crippen molar-refractivity contribution >= 4 is 34.9 Å². The second kappa shape index (κ2) is 7.80. The van der Waals surface area contributed by atoms with Crippen molar-refractivity contribution in [2.45, 2.75) is 18.9 Å². The quantitative estimate of drug-likeness (QED) is 0.325. The number of fused-ring (bicyclic) bond motifs is 3. The van der Waals surface area contributed by atoms with Crippen LogP contribution in [0.5, 0.6) is 0 Å². The number of aromatic nitrogens is 1. The Morgan fingerprint density at radius 3 is 2.38 bits per heavy atom. The van der Waals surface area contributed by atoms with Crippen LogP contribution in [0.2, 0.25) is 10.0 Å². The van der Waals surface area contributed by atoms with Gasteiger partial charge in [-0.15, -0.1) is 0 Å². The Labute approximate surface area is 196 Å². The van der Waals surface area contributed by atoms with Crippen molar-refractivity contribution < 1.29 is 4.42 Å². The highest BCUT2D eigenvalue weighted by molar-refractivity contribution is 6.30. The molecule has 6 rings (SSSR count). The summed E-state index contributed by atoms with van der Waals surface area (Å²) < 4.78 is 5.95. The van der Waals surface area contributed by atoms with E-state index >= 15 is 0 Å². The second-order valence-electron chi connectivity index (χ2n) is 8.15. The molecule has 2 aliphatic rings. The number of hydrogen-bond acceptors (Lipinski definition) is 4. The smallest absolute Gasteiger partial charge is 0.319 e. The molecule has 0 spiro atoms. The molecule has 0 saturated carbocycles. The first-order valence-electron chi connectivity index (χ1n) is 10.6. The van der Waals surface area contributed by atoms with Gasteiger partial charge < -0.3 is 4.42 Å². The van der Waals surface area contributed by atoms with Crippen LogP contribution < -0.4 is 5.01 Å². The molecular formula is C26H19Cl2N3O. The largest absolute Gasteiger partial charge is 0.430 e. The maximum atomic E-state index is 6.18. The highest BCUT2D eigenvalue weighted by atomic mass is 35.5. The third kappa shape index (κ3) is 3.31. The SMILES string of the molecule is Clc1ccc(-c2coc(N3N=C4c5ccccc5CC[C@@H]4[C@H]3c3ccc(Cl)cc3)n2)cc1. The standard InChI is InChI=1S/C26H19Cl2N3O/c27-19-10-5-17(6-11-19)23-15-32-26(29-23)31-25(18-7-12-20(28)13-8-18)22-14-9-16-3-1-2-4-21(16)24(22)30-31/h1-8,10-13,15,22,25H,9,14H2/t22-,25+/m0/s1. The zero-order chi connectivity index (χ0) is 21.7. The number of halogens is 2. The Morgan fingerprint density at radius 2 is 1.59 bits per heavy atom.